The van der Waals surface area contributed by atoms with Crippen LogP contribution in [-0.4, -0.2) is 58.8 Å². The Labute approximate surface area is 145 Å². The van der Waals surface area contributed by atoms with Crippen LogP contribution in [0.15, 0.2) is 41.2 Å². The fourth-order valence-electron chi connectivity index (χ4n) is 3.00. The number of aliphatic hydroxyl groups is 1. The summed E-state index contributed by atoms with van der Waals surface area (Å²) in [6.07, 6.45) is 3.39. The monoisotopic (exact) mass is 340 g/mol. The van der Waals surface area contributed by atoms with Crippen LogP contribution in [0.1, 0.15) is 12.5 Å². The van der Waals surface area contributed by atoms with E-state index in [1.807, 2.05) is 30.5 Å². The van der Waals surface area contributed by atoms with Gasteiger partial charge in [0.15, 0.2) is 0 Å². The molecule has 0 spiro atoms. The number of hydrogen-bond donors (Lipinski definition) is 3. The number of nitrogens with zero attached hydrogens (tertiary/aromatic N) is 2. The largest absolute Gasteiger partial charge is 0.391 e. The van der Waals surface area contributed by atoms with E-state index in [1.165, 1.54) is 4.90 Å². The van der Waals surface area contributed by atoms with Crippen LogP contribution in [0.2, 0.25) is 0 Å². The van der Waals surface area contributed by atoms with Crippen LogP contribution in [-0.2, 0) is 9.59 Å². The van der Waals surface area contributed by atoms with Gasteiger partial charge in [-0.15, -0.1) is 0 Å². The highest BCUT2D eigenvalue weighted by molar-refractivity contribution is 6.17. The van der Waals surface area contributed by atoms with Crippen LogP contribution in [0, 0.1) is 0 Å². The number of aromatic amines is 1. The van der Waals surface area contributed by atoms with Crippen molar-refractivity contribution in [3.63, 3.8) is 0 Å². The number of benzene rings is 1. The normalized spacial score (nSPS) is 18.7. The summed E-state index contributed by atoms with van der Waals surface area (Å²) in [6, 6.07) is 7.21. The molecule has 1 aliphatic heterocycles. The molecule has 0 radical (unpaired) electrons. The molecule has 2 unspecified atom stereocenters. The summed E-state index contributed by atoms with van der Waals surface area (Å²) >= 11 is 0. The van der Waals surface area contributed by atoms with Gasteiger partial charge in [0.2, 0.25) is 0 Å². The van der Waals surface area contributed by atoms with Gasteiger partial charge in [0, 0.05) is 22.7 Å². The molecule has 0 saturated heterocycles. The summed E-state index contributed by atoms with van der Waals surface area (Å²) in [6.45, 7) is 1.50. The van der Waals surface area contributed by atoms with Crippen molar-refractivity contribution in [2.75, 3.05) is 13.6 Å². The second-order valence-electron chi connectivity index (χ2n) is 5.88. The number of likely N-dealkylation sites (N-methyl/N-ethyl adjacent to an activating group) is 1. The maximum atomic E-state index is 12.7. The summed E-state index contributed by atoms with van der Waals surface area (Å²) in [5, 5.41) is 13.9. The number of carbonyl (C=O) groups excluding carboxylic acids is 2. The summed E-state index contributed by atoms with van der Waals surface area (Å²) in [5.74, 6) is -0.00558. The molecule has 0 aliphatic carbocycles. The maximum absolute atomic E-state index is 12.7. The van der Waals surface area contributed by atoms with Crippen molar-refractivity contribution < 1.29 is 14.7 Å². The molecule has 1 aliphatic rings. The van der Waals surface area contributed by atoms with Crippen molar-refractivity contribution in [3.05, 3.63) is 41.7 Å². The van der Waals surface area contributed by atoms with Gasteiger partial charge in [-0.05, 0) is 26.1 Å². The molecule has 2 atom stereocenters. The topological polar surface area (TPSA) is 97.8 Å². The summed E-state index contributed by atoms with van der Waals surface area (Å²) < 4.78 is 0. The number of aliphatic hydroxyl groups excluding tert-OH is 1. The van der Waals surface area contributed by atoms with Gasteiger partial charge in [-0.2, -0.15) is 0 Å². The third-order valence-electron chi connectivity index (χ3n) is 4.22. The van der Waals surface area contributed by atoms with Crippen LogP contribution in [0.3, 0.4) is 0 Å². The number of amidine groups is 1. The zero-order valence-corrected chi connectivity index (χ0v) is 14.1. The Kier molecular flexibility index (Phi) is 4.78. The molecule has 0 fully saturated rings. The first-order valence-electron chi connectivity index (χ1n) is 8.04. The summed E-state index contributed by atoms with van der Waals surface area (Å²) in [4.78, 5) is 32.5. The average Bonchev–Trinajstić information content (AvgIpc) is 3.13. The lowest BCUT2D eigenvalue weighted by atomic mass is 10.1. The van der Waals surface area contributed by atoms with Crippen molar-refractivity contribution in [2.45, 2.75) is 19.1 Å². The maximum Gasteiger partial charge on any atom is 0.278 e. The first-order valence-corrected chi connectivity index (χ1v) is 8.04. The van der Waals surface area contributed by atoms with E-state index in [9.17, 15) is 14.7 Å². The molecule has 3 rings (SSSR count). The van der Waals surface area contributed by atoms with E-state index in [1.54, 1.807) is 20.0 Å². The number of fused-ring (bicyclic) bond motifs is 1. The van der Waals surface area contributed by atoms with E-state index in [0.717, 1.165) is 16.5 Å². The SMILES string of the molecule is CNC(C1=N/C(=C\c2c[nH]c3ccccc23)C(=O)N1CC=O)C(C)O. The Morgan fingerprint density at radius 3 is 2.84 bits per heavy atom. The van der Waals surface area contributed by atoms with E-state index in [0.29, 0.717) is 12.1 Å². The highest BCUT2D eigenvalue weighted by atomic mass is 16.3. The van der Waals surface area contributed by atoms with Crippen LogP contribution in [0.25, 0.3) is 17.0 Å². The van der Waals surface area contributed by atoms with E-state index in [2.05, 4.69) is 15.3 Å². The predicted molar refractivity (Wildman–Crippen MR) is 96.0 cm³/mol. The van der Waals surface area contributed by atoms with Gasteiger partial charge < -0.3 is 20.2 Å². The van der Waals surface area contributed by atoms with Crippen LogP contribution in [0.5, 0.6) is 0 Å². The van der Waals surface area contributed by atoms with Gasteiger partial charge >= 0.3 is 0 Å². The lowest BCUT2D eigenvalue weighted by Gasteiger charge is -2.24. The second-order valence-corrected chi connectivity index (χ2v) is 5.88. The number of para-hydroxylation sites is 1. The quantitative estimate of drug-likeness (QED) is 0.538. The lowest BCUT2D eigenvalue weighted by Crippen LogP contribution is -2.50. The minimum atomic E-state index is -0.766. The molecule has 0 bridgehead atoms. The van der Waals surface area contributed by atoms with Gasteiger partial charge in [0.1, 0.15) is 17.8 Å². The molecule has 1 amide bonds. The van der Waals surface area contributed by atoms with Crippen molar-refractivity contribution in [2.24, 2.45) is 4.99 Å². The van der Waals surface area contributed by atoms with E-state index in [-0.39, 0.29) is 18.1 Å². The molecule has 25 heavy (non-hydrogen) atoms. The van der Waals surface area contributed by atoms with E-state index in [4.69, 9.17) is 0 Å². The minimum absolute atomic E-state index is 0.103. The Morgan fingerprint density at radius 1 is 1.40 bits per heavy atom. The first kappa shape index (κ1) is 17.1. The van der Waals surface area contributed by atoms with Gasteiger partial charge in [-0.1, -0.05) is 18.2 Å². The summed E-state index contributed by atoms with van der Waals surface area (Å²) in [5.41, 5.74) is 2.04. The molecule has 130 valence electrons. The van der Waals surface area contributed by atoms with Crippen molar-refractivity contribution >= 4 is 35.0 Å². The number of rotatable bonds is 6. The molecule has 1 aromatic heterocycles. The Hall–Kier alpha value is -2.77. The van der Waals surface area contributed by atoms with Crippen molar-refractivity contribution in [1.82, 2.24) is 15.2 Å². The summed E-state index contributed by atoms with van der Waals surface area (Å²) in [7, 11) is 1.67. The lowest BCUT2D eigenvalue weighted by molar-refractivity contribution is -0.124. The Morgan fingerprint density at radius 2 is 2.16 bits per heavy atom. The van der Waals surface area contributed by atoms with Crippen molar-refractivity contribution in [1.29, 1.82) is 0 Å². The zero-order chi connectivity index (χ0) is 18.0. The number of hydrogen-bond acceptors (Lipinski definition) is 5. The molecular formula is C18H20N4O3. The predicted octanol–water partition coefficient (Wildman–Crippen LogP) is 0.917. The number of aliphatic imine (C=N–C) groups is 1. The second kappa shape index (κ2) is 7.00. The Bertz CT molecular complexity index is 866. The molecule has 0 saturated carbocycles. The van der Waals surface area contributed by atoms with Crippen LogP contribution < -0.4 is 5.32 Å². The fourth-order valence-corrected chi connectivity index (χ4v) is 3.00. The number of aldehydes is 1. The number of nitrogens with one attached hydrogen (secondary N) is 2. The number of carbonyl (C=O) groups is 2. The molecule has 2 aromatic rings. The number of amides is 1. The fraction of sp³-hybridized carbons (Fsp3) is 0.278. The third-order valence-corrected chi connectivity index (χ3v) is 4.22. The molecule has 7 nitrogen and oxygen atoms in total. The van der Waals surface area contributed by atoms with Gasteiger partial charge in [-0.3, -0.25) is 9.69 Å². The van der Waals surface area contributed by atoms with Crippen LogP contribution >= 0.6 is 0 Å². The van der Waals surface area contributed by atoms with Crippen molar-refractivity contribution in [3.8, 4) is 0 Å². The highest BCUT2D eigenvalue weighted by Crippen LogP contribution is 2.24. The number of aromatic nitrogens is 1. The first-order chi connectivity index (χ1) is 12.1. The highest BCUT2D eigenvalue weighted by Gasteiger charge is 2.35. The smallest absolute Gasteiger partial charge is 0.278 e. The van der Waals surface area contributed by atoms with Gasteiger partial charge in [0.05, 0.1) is 18.7 Å². The molecule has 7 heteroatoms. The van der Waals surface area contributed by atoms with Crippen LogP contribution in [0.4, 0.5) is 0 Å². The standard InChI is InChI=1S/C18H20N4O3/c1-11(24)16(19-2)17-21-15(18(25)22(17)7-8-23)9-12-10-20-14-6-4-3-5-13(12)14/h3-6,8-11,16,19-20,24H,7H2,1-2H3/b15-9-. The third kappa shape index (κ3) is 3.11. The van der Waals surface area contributed by atoms with E-state index < -0.39 is 12.1 Å². The number of H-pyrrole nitrogens is 1. The molecule has 1 aromatic carbocycles. The average molecular weight is 340 g/mol. The molecule has 3 N–H and O–H groups in total. The minimum Gasteiger partial charge on any atom is -0.391 e. The molecular weight excluding hydrogens is 320 g/mol. The van der Waals surface area contributed by atoms with E-state index >= 15 is 0 Å². The van der Waals surface area contributed by atoms with Gasteiger partial charge in [-0.25, -0.2) is 4.99 Å². The van der Waals surface area contributed by atoms with Gasteiger partial charge in [0.25, 0.3) is 5.91 Å². The molecule has 2 heterocycles. The zero-order valence-electron chi connectivity index (χ0n) is 14.1. The Balaban J connectivity index is 2.04.